The van der Waals surface area contributed by atoms with Crippen molar-refractivity contribution < 1.29 is 8.42 Å². The first-order valence-electron chi connectivity index (χ1n) is 7.08. The molecule has 0 radical (unpaired) electrons. The van der Waals surface area contributed by atoms with E-state index in [1.807, 2.05) is 0 Å². The van der Waals surface area contributed by atoms with Crippen LogP contribution < -0.4 is 5.69 Å². The molecule has 2 aromatic rings. The molecular formula is C14H19N3O3S. The molecule has 0 amide bonds. The second-order valence-corrected chi connectivity index (χ2v) is 7.99. The summed E-state index contributed by atoms with van der Waals surface area (Å²) in [5.74, 6) is 0.721. The molecular weight excluding hydrogens is 290 g/mol. The fraction of sp³-hybridized carbons (Fsp3) is 0.500. The van der Waals surface area contributed by atoms with Crippen LogP contribution in [-0.2, 0) is 10.0 Å². The minimum atomic E-state index is -3.51. The first-order valence-corrected chi connectivity index (χ1v) is 8.52. The molecule has 1 saturated heterocycles. The SMILES string of the molecule is C[C@H]1C[C@H](C)CN(S(=O)(=O)c2ccc3[nH]c(=O)[nH]c3c2)C1. The zero-order chi connectivity index (χ0) is 15.2. The van der Waals surface area contributed by atoms with Gasteiger partial charge in [0.1, 0.15) is 0 Å². The summed E-state index contributed by atoms with van der Waals surface area (Å²) < 4.78 is 27.1. The molecule has 0 aliphatic carbocycles. The van der Waals surface area contributed by atoms with Crippen LogP contribution in [-0.4, -0.2) is 35.8 Å². The van der Waals surface area contributed by atoms with E-state index >= 15 is 0 Å². The van der Waals surface area contributed by atoms with Gasteiger partial charge < -0.3 is 9.97 Å². The van der Waals surface area contributed by atoms with Crippen LogP contribution in [0.1, 0.15) is 20.3 Å². The number of H-pyrrole nitrogens is 2. The van der Waals surface area contributed by atoms with Crippen LogP contribution in [0, 0.1) is 11.8 Å². The topological polar surface area (TPSA) is 86.0 Å². The van der Waals surface area contributed by atoms with E-state index < -0.39 is 10.0 Å². The van der Waals surface area contributed by atoms with Gasteiger partial charge in [0.25, 0.3) is 0 Å². The van der Waals surface area contributed by atoms with Gasteiger partial charge in [-0.25, -0.2) is 13.2 Å². The van der Waals surface area contributed by atoms with Crippen molar-refractivity contribution in [2.45, 2.75) is 25.2 Å². The molecule has 1 aromatic carbocycles. The highest BCUT2D eigenvalue weighted by molar-refractivity contribution is 7.89. The molecule has 7 heteroatoms. The Balaban J connectivity index is 2.01. The molecule has 2 heterocycles. The largest absolute Gasteiger partial charge is 0.323 e. The van der Waals surface area contributed by atoms with Crippen LogP contribution >= 0.6 is 0 Å². The van der Waals surface area contributed by atoms with Crippen molar-refractivity contribution in [2.24, 2.45) is 11.8 Å². The van der Waals surface area contributed by atoms with Gasteiger partial charge in [0.15, 0.2) is 0 Å². The van der Waals surface area contributed by atoms with Crippen molar-refractivity contribution in [1.82, 2.24) is 14.3 Å². The molecule has 0 spiro atoms. The normalized spacial score (nSPS) is 24.5. The number of sulfonamides is 1. The van der Waals surface area contributed by atoms with E-state index in [1.165, 1.54) is 6.07 Å². The Kier molecular flexibility index (Phi) is 3.41. The quantitative estimate of drug-likeness (QED) is 0.882. The van der Waals surface area contributed by atoms with Gasteiger partial charge in [-0.2, -0.15) is 4.31 Å². The minimum absolute atomic E-state index is 0.228. The summed E-state index contributed by atoms with van der Waals surface area (Å²) in [5.41, 5.74) is 0.790. The molecule has 1 aliphatic heterocycles. The Hall–Kier alpha value is -1.60. The Morgan fingerprint density at radius 2 is 1.71 bits per heavy atom. The van der Waals surface area contributed by atoms with Gasteiger partial charge in [-0.15, -0.1) is 0 Å². The van der Waals surface area contributed by atoms with Gasteiger partial charge in [-0.05, 0) is 36.5 Å². The van der Waals surface area contributed by atoms with E-state index in [4.69, 9.17) is 0 Å². The third kappa shape index (κ3) is 2.63. The summed E-state index contributed by atoms with van der Waals surface area (Å²) in [7, 11) is -3.51. The molecule has 114 valence electrons. The second kappa shape index (κ2) is 4.99. The lowest BCUT2D eigenvalue weighted by Crippen LogP contribution is -2.42. The van der Waals surface area contributed by atoms with Crippen LogP contribution in [0.15, 0.2) is 27.9 Å². The Morgan fingerprint density at radius 3 is 2.38 bits per heavy atom. The number of nitrogens with zero attached hydrogens (tertiary/aromatic N) is 1. The van der Waals surface area contributed by atoms with Crippen molar-refractivity contribution in [3.8, 4) is 0 Å². The van der Waals surface area contributed by atoms with Gasteiger partial charge in [-0.3, -0.25) is 0 Å². The van der Waals surface area contributed by atoms with Crippen molar-refractivity contribution in [3.05, 3.63) is 28.7 Å². The Morgan fingerprint density at radius 1 is 1.10 bits per heavy atom. The Bertz CT molecular complexity index is 811. The van der Waals surface area contributed by atoms with E-state index in [9.17, 15) is 13.2 Å². The van der Waals surface area contributed by atoms with E-state index in [2.05, 4.69) is 23.8 Å². The molecule has 0 bridgehead atoms. The average molecular weight is 309 g/mol. The predicted molar refractivity (Wildman–Crippen MR) is 80.6 cm³/mol. The summed E-state index contributed by atoms with van der Waals surface area (Å²) in [6.45, 7) is 5.25. The third-order valence-electron chi connectivity index (χ3n) is 3.96. The van der Waals surface area contributed by atoms with Gasteiger partial charge in [0.05, 0.1) is 15.9 Å². The van der Waals surface area contributed by atoms with Crippen LogP contribution in [0.4, 0.5) is 0 Å². The molecule has 0 unspecified atom stereocenters. The molecule has 0 saturated carbocycles. The van der Waals surface area contributed by atoms with Crippen LogP contribution in [0.25, 0.3) is 11.0 Å². The smallest absolute Gasteiger partial charge is 0.306 e. The summed E-state index contributed by atoms with van der Waals surface area (Å²) in [5, 5.41) is 0. The van der Waals surface area contributed by atoms with Crippen molar-refractivity contribution in [3.63, 3.8) is 0 Å². The zero-order valence-electron chi connectivity index (χ0n) is 12.1. The maximum Gasteiger partial charge on any atom is 0.323 e. The number of hydrogen-bond donors (Lipinski definition) is 2. The number of piperidine rings is 1. The highest BCUT2D eigenvalue weighted by atomic mass is 32.2. The van der Waals surface area contributed by atoms with E-state index in [0.29, 0.717) is 36.0 Å². The van der Waals surface area contributed by atoms with Crippen molar-refractivity contribution in [2.75, 3.05) is 13.1 Å². The predicted octanol–water partition coefficient (Wildman–Crippen LogP) is 1.52. The van der Waals surface area contributed by atoms with Crippen molar-refractivity contribution >= 4 is 21.1 Å². The summed E-state index contributed by atoms with van der Waals surface area (Å²) in [6.07, 6.45) is 1.05. The number of nitrogens with one attached hydrogen (secondary N) is 2. The Labute approximate surface area is 123 Å². The molecule has 1 aromatic heterocycles. The first-order chi connectivity index (χ1) is 9.86. The van der Waals surface area contributed by atoms with Gasteiger partial charge in [0.2, 0.25) is 10.0 Å². The number of benzene rings is 1. The van der Waals surface area contributed by atoms with Gasteiger partial charge >= 0.3 is 5.69 Å². The monoisotopic (exact) mass is 309 g/mol. The average Bonchev–Trinajstić information content (AvgIpc) is 2.76. The van der Waals surface area contributed by atoms with Crippen molar-refractivity contribution in [1.29, 1.82) is 0 Å². The molecule has 6 nitrogen and oxygen atoms in total. The number of aromatic amines is 2. The van der Waals surface area contributed by atoms with Gasteiger partial charge in [0, 0.05) is 13.1 Å². The standard InChI is InChI=1S/C14H19N3O3S/c1-9-5-10(2)8-17(7-9)21(19,20)11-3-4-12-13(6-11)16-14(18)15-12/h3-4,6,9-10H,5,7-8H2,1-2H3,(H2,15,16,18)/t9-,10-/m0/s1. The molecule has 3 rings (SSSR count). The maximum atomic E-state index is 12.8. The number of aromatic nitrogens is 2. The molecule has 2 atom stereocenters. The number of imidazole rings is 1. The lowest BCUT2D eigenvalue weighted by Gasteiger charge is -2.34. The summed E-state index contributed by atoms with van der Waals surface area (Å²) in [4.78, 5) is 16.7. The summed E-state index contributed by atoms with van der Waals surface area (Å²) in [6, 6.07) is 4.69. The summed E-state index contributed by atoms with van der Waals surface area (Å²) >= 11 is 0. The number of hydrogen-bond acceptors (Lipinski definition) is 3. The molecule has 1 fully saturated rings. The lowest BCUT2D eigenvalue weighted by atomic mass is 9.94. The minimum Gasteiger partial charge on any atom is -0.306 e. The highest BCUT2D eigenvalue weighted by Crippen LogP contribution is 2.27. The van der Waals surface area contributed by atoms with E-state index in [-0.39, 0.29) is 10.6 Å². The first kappa shape index (κ1) is 14.3. The molecule has 1 aliphatic rings. The number of rotatable bonds is 2. The number of fused-ring (bicyclic) bond motifs is 1. The van der Waals surface area contributed by atoms with Gasteiger partial charge in [-0.1, -0.05) is 13.8 Å². The van der Waals surface area contributed by atoms with Crippen LogP contribution in [0.3, 0.4) is 0 Å². The molecule has 21 heavy (non-hydrogen) atoms. The highest BCUT2D eigenvalue weighted by Gasteiger charge is 2.31. The lowest BCUT2D eigenvalue weighted by molar-refractivity contribution is 0.222. The third-order valence-corrected chi connectivity index (χ3v) is 5.79. The fourth-order valence-corrected chi connectivity index (χ4v) is 4.83. The maximum absolute atomic E-state index is 12.8. The fourth-order valence-electron chi connectivity index (χ4n) is 3.12. The zero-order valence-corrected chi connectivity index (χ0v) is 12.9. The second-order valence-electron chi connectivity index (χ2n) is 6.05. The molecule has 2 N–H and O–H groups in total. The van der Waals surface area contributed by atoms with E-state index in [0.717, 1.165) is 6.42 Å². The van der Waals surface area contributed by atoms with Crippen LogP contribution in [0.5, 0.6) is 0 Å². The van der Waals surface area contributed by atoms with E-state index in [1.54, 1.807) is 16.4 Å². The van der Waals surface area contributed by atoms with Crippen LogP contribution in [0.2, 0.25) is 0 Å².